The fraction of sp³-hybridized carbons (Fsp3) is 0.182. The molecule has 0 fully saturated rings. The lowest BCUT2D eigenvalue weighted by Gasteiger charge is -2.02. The van der Waals surface area contributed by atoms with Crippen molar-refractivity contribution in [2.24, 2.45) is 0 Å². The molecule has 72 valence electrons. The molecule has 0 atom stereocenters. The average molecular weight is 188 g/mol. The summed E-state index contributed by atoms with van der Waals surface area (Å²) in [6.45, 7) is 1.88. The molecule has 0 radical (unpaired) electrons. The van der Waals surface area contributed by atoms with Gasteiger partial charge in [-0.05, 0) is 6.92 Å². The minimum absolute atomic E-state index is 0.0366. The molecule has 0 spiro atoms. The lowest BCUT2D eigenvalue weighted by molar-refractivity contribution is 0.212. The van der Waals surface area contributed by atoms with E-state index < -0.39 is 0 Å². The van der Waals surface area contributed by atoms with Crippen LogP contribution in [0, 0.1) is 6.92 Å². The molecule has 0 aliphatic rings. The monoisotopic (exact) mass is 188 g/mol. The van der Waals surface area contributed by atoms with Gasteiger partial charge in [0.2, 0.25) is 0 Å². The van der Waals surface area contributed by atoms with E-state index in [1.54, 1.807) is 4.57 Å². The summed E-state index contributed by atoms with van der Waals surface area (Å²) >= 11 is 0. The molecular formula is C11H12N2O. The molecule has 0 bridgehead atoms. The lowest BCUT2D eigenvalue weighted by Crippen LogP contribution is -1.97. The van der Waals surface area contributed by atoms with Crippen molar-refractivity contribution >= 4 is 0 Å². The van der Waals surface area contributed by atoms with Crippen molar-refractivity contribution in [3.63, 3.8) is 0 Å². The first kappa shape index (κ1) is 8.97. The number of imidazole rings is 1. The summed E-state index contributed by atoms with van der Waals surface area (Å²) in [6.07, 6.45) is 1.84. The second kappa shape index (κ2) is 3.64. The molecule has 2 rings (SSSR count). The number of aromatic nitrogens is 2. The summed E-state index contributed by atoms with van der Waals surface area (Å²) in [6, 6.07) is 9.84. The van der Waals surface area contributed by atoms with Gasteiger partial charge in [-0.2, -0.15) is 0 Å². The third-order valence-electron chi connectivity index (χ3n) is 2.08. The van der Waals surface area contributed by atoms with Gasteiger partial charge in [0.1, 0.15) is 12.6 Å². The predicted molar refractivity (Wildman–Crippen MR) is 54.6 cm³/mol. The van der Waals surface area contributed by atoms with Crippen LogP contribution in [0.15, 0.2) is 36.5 Å². The Morgan fingerprint density at radius 1 is 1.29 bits per heavy atom. The number of aryl methyl sites for hydroxylation is 1. The molecule has 1 aromatic heterocycles. The molecule has 0 unspecified atom stereocenters. The minimum atomic E-state index is -0.0366. The van der Waals surface area contributed by atoms with Crippen molar-refractivity contribution in [2.75, 3.05) is 0 Å². The fourth-order valence-corrected chi connectivity index (χ4v) is 1.47. The van der Waals surface area contributed by atoms with Gasteiger partial charge >= 0.3 is 0 Å². The maximum atomic E-state index is 9.12. The van der Waals surface area contributed by atoms with Gasteiger partial charge in [-0.15, -0.1) is 0 Å². The number of hydrogen-bond acceptors (Lipinski definition) is 2. The van der Waals surface area contributed by atoms with E-state index in [-0.39, 0.29) is 6.73 Å². The van der Waals surface area contributed by atoms with Gasteiger partial charge in [0.25, 0.3) is 0 Å². The van der Waals surface area contributed by atoms with Crippen molar-refractivity contribution in [3.8, 4) is 11.4 Å². The fourth-order valence-electron chi connectivity index (χ4n) is 1.47. The Kier molecular flexibility index (Phi) is 2.33. The standard InChI is InChI=1S/C11H12N2O/c1-9-7-13(8-14)11(12-9)10-5-3-2-4-6-10/h2-7,14H,8H2,1H3. The van der Waals surface area contributed by atoms with Crippen molar-refractivity contribution < 1.29 is 5.11 Å². The zero-order valence-electron chi connectivity index (χ0n) is 8.01. The second-order valence-corrected chi connectivity index (χ2v) is 3.18. The van der Waals surface area contributed by atoms with Crippen LogP contribution in [-0.4, -0.2) is 14.7 Å². The van der Waals surface area contributed by atoms with Crippen LogP contribution in [0.5, 0.6) is 0 Å². The summed E-state index contributed by atoms with van der Waals surface area (Å²) < 4.78 is 1.73. The van der Waals surface area contributed by atoms with E-state index in [1.165, 1.54) is 0 Å². The van der Waals surface area contributed by atoms with E-state index in [0.29, 0.717) is 0 Å². The molecule has 1 aromatic carbocycles. The van der Waals surface area contributed by atoms with Gasteiger partial charge in [0.15, 0.2) is 0 Å². The molecule has 0 saturated heterocycles. The van der Waals surface area contributed by atoms with E-state index in [9.17, 15) is 0 Å². The predicted octanol–water partition coefficient (Wildman–Crippen LogP) is 1.81. The first-order valence-electron chi connectivity index (χ1n) is 4.51. The summed E-state index contributed by atoms with van der Waals surface area (Å²) in [5.41, 5.74) is 1.94. The van der Waals surface area contributed by atoms with Crippen LogP contribution in [0.25, 0.3) is 11.4 Å². The Hall–Kier alpha value is -1.61. The van der Waals surface area contributed by atoms with Gasteiger partial charge in [-0.25, -0.2) is 4.98 Å². The van der Waals surface area contributed by atoms with E-state index in [1.807, 2.05) is 43.5 Å². The number of aliphatic hydroxyl groups excluding tert-OH is 1. The van der Waals surface area contributed by atoms with Crippen LogP contribution in [0.3, 0.4) is 0 Å². The normalized spacial score (nSPS) is 10.4. The van der Waals surface area contributed by atoms with Crippen LogP contribution in [0.2, 0.25) is 0 Å². The zero-order chi connectivity index (χ0) is 9.97. The number of nitrogens with zero attached hydrogens (tertiary/aromatic N) is 2. The first-order chi connectivity index (χ1) is 6.81. The van der Waals surface area contributed by atoms with E-state index in [0.717, 1.165) is 17.1 Å². The van der Waals surface area contributed by atoms with Gasteiger partial charge in [0.05, 0.1) is 5.69 Å². The molecular weight excluding hydrogens is 176 g/mol. The maximum Gasteiger partial charge on any atom is 0.142 e. The van der Waals surface area contributed by atoms with E-state index >= 15 is 0 Å². The van der Waals surface area contributed by atoms with Crippen LogP contribution >= 0.6 is 0 Å². The van der Waals surface area contributed by atoms with E-state index in [4.69, 9.17) is 5.11 Å². The topological polar surface area (TPSA) is 38.0 Å². The summed E-state index contributed by atoms with van der Waals surface area (Å²) in [5, 5.41) is 9.12. The Morgan fingerprint density at radius 3 is 2.64 bits per heavy atom. The van der Waals surface area contributed by atoms with Crippen molar-refractivity contribution in [1.82, 2.24) is 9.55 Å². The molecule has 2 aromatic rings. The van der Waals surface area contributed by atoms with Gasteiger partial charge < -0.3 is 9.67 Å². The number of benzene rings is 1. The van der Waals surface area contributed by atoms with Gasteiger partial charge in [-0.1, -0.05) is 30.3 Å². The number of aliphatic hydroxyl groups is 1. The smallest absolute Gasteiger partial charge is 0.142 e. The molecule has 0 saturated carbocycles. The zero-order valence-corrected chi connectivity index (χ0v) is 8.01. The highest BCUT2D eigenvalue weighted by Gasteiger charge is 2.05. The average Bonchev–Trinajstić information content (AvgIpc) is 2.61. The maximum absolute atomic E-state index is 9.12. The lowest BCUT2D eigenvalue weighted by atomic mass is 10.2. The molecule has 1 heterocycles. The van der Waals surface area contributed by atoms with Crippen LogP contribution in [-0.2, 0) is 6.73 Å². The summed E-state index contributed by atoms with van der Waals surface area (Å²) in [4.78, 5) is 4.35. The number of rotatable bonds is 2. The second-order valence-electron chi connectivity index (χ2n) is 3.18. The molecule has 0 aliphatic carbocycles. The highest BCUT2D eigenvalue weighted by molar-refractivity contribution is 5.55. The van der Waals surface area contributed by atoms with Crippen molar-refractivity contribution in [3.05, 3.63) is 42.2 Å². The SMILES string of the molecule is Cc1cn(CO)c(-c2ccccc2)n1. The summed E-state index contributed by atoms with van der Waals surface area (Å²) in [5.74, 6) is 0.811. The van der Waals surface area contributed by atoms with Crippen LogP contribution in [0.1, 0.15) is 5.69 Å². The van der Waals surface area contributed by atoms with Crippen LogP contribution < -0.4 is 0 Å². The molecule has 0 amide bonds. The third-order valence-corrected chi connectivity index (χ3v) is 2.08. The van der Waals surface area contributed by atoms with Crippen LogP contribution in [0.4, 0.5) is 0 Å². The summed E-state index contributed by atoms with van der Waals surface area (Å²) in [7, 11) is 0. The Morgan fingerprint density at radius 2 is 2.00 bits per heavy atom. The Balaban J connectivity index is 2.51. The quantitative estimate of drug-likeness (QED) is 0.780. The largest absolute Gasteiger partial charge is 0.376 e. The molecule has 0 aliphatic heterocycles. The van der Waals surface area contributed by atoms with E-state index in [2.05, 4.69) is 4.98 Å². The highest BCUT2D eigenvalue weighted by atomic mass is 16.3. The van der Waals surface area contributed by atoms with Gasteiger partial charge in [0, 0.05) is 11.8 Å². The molecule has 3 heteroatoms. The minimum Gasteiger partial charge on any atom is -0.376 e. The van der Waals surface area contributed by atoms with Gasteiger partial charge in [-0.3, -0.25) is 0 Å². The van der Waals surface area contributed by atoms with Crippen molar-refractivity contribution in [2.45, 2.75) is 13.7 Å². The molecule has 3 nitrogen and oxygen atoms in total. The highest BCUT2D eigenvalue weighted by Crippen LogP contribution is 2.17. The Bertz CT molecular complexity index is 420. The molecule has 1 N–H and O–H groups in total. The first-order valence-corrected chi connectivity index (χ1v) is 4.51. The molecule has 14 heavy (non-hydrogen) atoms. The number of hydrogen-bond donors (Lipinski definition) is 1. The van der Waals surface area contributed by atoms with Crippen molar-refractivity contribution in [1.29, 1.82) is 0 Å². The Labute approximate surface area is 82.7 Å². The third kappa shape index (κ3) is 1.54.